The van der Waals surface area contributed by atoms with Crippen molar-refractivity contribution in [3.05, 3.63) is 64.7 Å². The van der Waals surface area contributed by atoms with E-state index in [2.05, 4.69) is 10.6 Å². The van der Waals surface area contributed by atoms with Crippen molar-refractivity contribution in [2.24, 2.45) is 5.73 Å². The smallest absolute Gasteiger partial charge is 0.313 e. The molecule has 0 aliphatic heterocycles. The summed E-state index contributed by atoms with van der Waals surface area (Å²) < 4.78 is 0. The monoisotopic (exact) mass is 331 g/mol. The Morgan fingerprint density at radius 1 is 0.957 bits per heavy atom. The summed E-state index contributed by atoms with van der Waals surface area (Å²) in [5.74, 6) is -2.39. The van der Waals surface area contributed by atoms with Gasteiger partial charge in [0, 0.05) is 11.6 Å². The molecular formula is C16H14ClN3O3. The molecule has 0 heterocycles. The highest BCUT2D eigenvalue weighted by Gasteiger charge is 2.16. The molecule has 2 aromatic rings. The van der Waals surface area contributed by atoms with Crippen molar-refractivity contribution in [3.63, 3.8) is 0 Å². The molecule has 23 heavy (non-hydrogen) atoms. The van der Waals surface area contributed by atoms with Crippen LogP contribution in [0.2, 0.25) is 5.02 Å². The number of amides is 3. The van der Waals surface area contributed by atoms with Crippen molar-refractivity contribution in [3.8, 4) is 0 Å². The molecule has 0 aliphatic carbocycles. The average molecular weight is 332 g/mol. The highest BCUT2D eigenvalue weighted by Crippen LogP contribution is 2.14. The molecule has 0 atom stereocenters. The predicted molar refractivity (Wildman–Crippen MR) is 86.9 cm³/mol. The molecule has 0 unspecified atom stereocenters. The van der Waals surface area contributed by atoms with Gasteiger partial charge in [-0.3, -0.25) is 14.4 Å². The Labute approximate surface area is 137 Å². The second kappa shape index (κ2) is 7.42. The number of benzene rings is 2. The van der Waals surface area contributed by atoms with Crippen molar-refractivity contribution >= 4 is 35.0 Å². The van der Waals surface area contributed by atoms with Gasteiger partial charge in [-0.15, -0.1) is 0 Å². The maximum Gasteiger partial charge on any atom is 0.313 e. The molecule has 7 heteroatoms. The summed E-state index contributed by atoms with van der Waals surface area (Å²) in [5.41, 5.74) is 6.33. The van der Waals surface area contributed by atoms with Gasteiger partial charge in [-0.05, 0) is 29.8 Å². The van der Waals surface area contributed by atoms with Crippen molar-refractivity contribution in [1.29, 1.82) is 0 Å². The van der Waals surface area contributed by atoms with Crippen LogP contribution in [0.1, 0.15) is 15.9 Å². The summed E-state index contributed by atoms with van der Waals surface area (Å²) in [6.45, 7) is 0.181. The first-order valence-corrected chi connectivity index (χ1v) is 7.07. The minimum absolute atomic E-state index is 0.131. The second-order valence-electron chi connectivity index (χ2n) is 4.67. The summed E-state index contributed by atoms with van der Waals surface area (Å²) in [7, 11) is 0. The Kier molecular flexibility index (Phi) is 5.32. The summed E-state index contributed by atoms with van der Waals surface area (Å²) in [6.07, 6.45) is 0. The third-order valence-electron chi connectivity index (χ3n) is 3.01. The Balaban J connectivity index is 1.96. The fourth-order valence-electron chi connectivity index (χ4n) is 1.85. The summed E-state index contributed by atoms with van der Waals surface area (Å²) in [5, 5.41) is 5.43. The fraction of sp³-hybridized carbons (Fsp3) is 0.0625. The van der Waals surface area contributed by atoms with Gasteiger partial charge in [0.15, 0.2) is 0 Å². The van der Waals surface area contributed by atoms with E-state index in [9.17, 15) is 14.4 Å². The van der Waals surface area contributed by atoms with E-state index < -0.39 is 17.7 Å². The molecule has 0 aromatic heterocycles. The molecule has 0 fully saturated rings. The number of carbonyl (C=O) groups is 3. The van der Waals surface area contributed by atoms with Gasteiger partial charge in [0.2, 0.25) is 0 Å². The van der Waals surface area contributed by atoms with Gasteiger partial charge >= 0.3 is 11.8 Å². The topological polar surface area (TPSA) is 101 Å². The maximum atomic E-state index is 11.9. The number of hydrogen-bond donors (Lipinski definition) is 3. The zero-order valence-corrected chi connectivity index (χ0v) is 12.8. The van der Waals surface area contributed by atoms with E-state index in [1.807, 2.05) is 0 Å². The van der Waals surface area contributed by atoms with Crippen molar-refractivity contribution < 1.29 is 14.4 Å². The lowest BCUT2D eigenvalue weighted by atomic mass is 10.1. The largest absolute Gasteiger partial charge is 0.366 e. The lowest BCUT2D eigenvalue weighted by Crippen LogP contribution is -2.35. The average Bonchev–Trinajstić information content (AvgIpc) is 2.54. The molecule has 0 spiro atoms. The van der Waals surface area contributed by atoms with Crippen LogP contribution >= 0.6 is 11.6 Å². The summed E-state index contributed by atoms with van der Waals surface area (Å²) in [4.78, 5) is 34.9. The van der Waals surface area contributed by atoms with Crippen LogP contribution in [-0.4, -0.2) is 17.7 Å². The van der Waals surface area contributed by atoms with Gasteiger partial charge < -0.3 is 16.4 Å². The summed E-state index contributed by atoms with van der Waals surface area (Å²) in [6, 6.07) is 13.0. The SMILES string of the molecule is NC(=O)c1ccccc1NC(=O)C(=O)NCc1ccc(Cl)cc1. The van der Waals surface area contributed by atoms with Crippen LogP contribution in [0.15, 0.2) is 48.5 Å². The molecule has 2 rings (SSSR count). The van der Waals surface area contributed by atoms with Crippen LogP contribution < -0.4 is 16.4 Å². The number of carbonyl (C=O) groups excluding carboxylic acids is 3. The first kappa shape index (κ1) is 16.5. The number of rotatable bonds is 4. The highest BCUT2D eigenvalue weighted by atomic mass is 35.5. The molecule has 0 aliphatic rings. The van der Waals surface area contributed by atoms with Crippen molar-refractivity contribution in [1.82, 2.24) is 5.32 Å². The quantitative estimate of drug-likeness (QED) is 0.743. The van der Waals surface area contributed by atoms with Gasteiger partial charge in [-0.25, -0.2) is 0 Å². The van der Waals surface area contributed by atoms with Gasteiger partial charge in [0.1, 0.15) is 0 Å². The van der Waals surface area contributed by atoms with E-state index in [1.165, 1.54) is 12.1 Å². The second-order valence-corrected chi connectivity index (χ2v) is 5.11. The molecular weight excluding hydrogens is 318 g/mol. The predicted octanol–water partition coefficient (Wildman–Crippen LogP) is 1.69. The number of nitrogens with two attached hydrogens (primary N) is 1. The first-order valence-electron chi connectivity index (χ1n) is 6.70. The third-order valence-corrected chi connectivity index (χ3v) is 3.27. The number of anilines is 1. The van der Waals surface area contributed by atoms with Crippen LogP contribution in [0.3, 0.4) is 0 Å². The maximum absolute atomic E-state index is 11.9. The lowest BCUT2D eigenvalue weighted by Gasteiger charge is -2.09. The van der Waals surface area contributed by atoms with E-state index in [0.717, 1.165) is 5.56 Å². The van der Waals surface area contributed by atoms with Gasteiger partial charge in [-0.1, -0.05) is 35.9 Å². The van der Waals surface area contributed by atoms with Crippen LogP contribution in [0.25, 0.3) is 0 Å². The minimum atomic E-state index is -0.882. The Bertz CT molecular complexity index is 744. The molecule has 2 aromatic carbocycles. The lowest BCUT2D eigenvalue weighted by molar-refractivity contribution is -0.136. The standard InChI is InChI=1S/C16H14ClN3O3/c17-11-7-5-10(6-8-11)9-19-15(22)16(23)20-13-4-2-1-3-12(13)14(18)21/h1-8H,9H2,(H2,18,21)(H,19,22)(H,20,23). The van der Waals surface area contributed by atoms with Crippen LogP contribution in [0, 0.1) is 0 Å². The number of hydrogen-bond acceptors (Lipinski definition) is 3. The van der Waals surface area contributed by atoms with Crippen LogP contribution in [0.5, 0.6) is 0 Å². The summed E-state index contributed by atoms with van der Waals surface area (Å²) >= 11 is 5.77. The third kappa shape index (κ3) is 4.55. The van der Waals surface area contributed by atoms with Gasteiger partial charge in [0.05, 0.1) is 11.3 Å². The molecule has 0 bridgehead atoms. The molecule has 6 nitrogen and oxygen atoms in total. The van der Waals surface area contributed by atoms with E-state index in [4.69, 9.17) is 17.3 Å². The normalized spacial score (nSPS) is 9.96. The van der Waals surface area contributed by atoms with Gasteiger partial charge in [-0.2, -0.15) is 0 Å². The van der Waals surface area contributed by atoms with E-state index in [0.29, 0.717) is 5.02 Å². The Hall–Kier alpha value is -2.86. The number of halogens is 1. The number of nitrogens with one attached hydrogen (secondary N) is 2. The van der Waals surface area contributed by atoms with E-state index >= 15 is 0 Å². The van der Waals surface area contributed by atoms with Gasteiger partial charge in [0.25, 0.3) is 5.91 Å². The molecule has 3 amide bonds. The van der Waals surface area contributed by atoms with Crippen molar-refractivity contribution in [2.75, 3.05) is 5.32 Å². The first-order chi connectivity index (χ1) is 11.0. The minimum Gasteiger partial charge on any atom is -0.366 e. The zero-order chi connectivity index (χ0) is 16.8. The van der Waals surface area contributed by atoms with Crippen LogP contribution in [-0.2, 0) is 16.1 Å². The molecule has 0 saturated carbocycles. The molecule has 118 valence electrons. The molecule has 0 radical (unpaired) electrons. The van der Waals surface area contributed by atoms with E-state index in [1.54, 1.807) is 36.4 Å². The molecule has 4 N–H and O–H groups in total. The number of primary amides is 1. The molecule has 0 saturated heterocycles. The highest BCUT2D eigenvalue weighted by molar-refractivity contribution is 6.40. The Morgan fingerprint density at radius 2 is 1.61 bits per heavy atom. The van der Waals surface area contributed by atoms with Crippen molar-refractivity contribution in [2.45, 2.75) is 6.54 Å². The number of para-hydroxylation sites is 1. The Morgan fingerprint density at radius 3 is 2.26 bits per heavy atom. The van der Waals surface area contributed by atoms with E-state index in [-0.39, 0.29) is 17.8 Å². The zero-order valence-electron chi connectivity index (χ0n) is 12.0. The van der Waals surface area contributed by atoms with Crippen LogP contribution in [0.4, 0.5) is 5.69 Å². The fourth-order valence-corrected chi connectivity index (χ4v) is 1.98.